The minimum atomic E-state index is -0.918. The Hall–Kier alpha value is -3.52. The molecule has 1 heterocycles. The van der Waals surface area contributed by atoms with Gasteiger partial charge in [0, 0.05) is 62.2 Å². The van der Waals surface area contributed by atoms with Gasteiger partial charge in [-0.2, -0.15) is 0 Å². The van der Waals surface area contributed by atoms with E-state index < -0.39 is 5.97 Å². The molecule has 0 saturated heterocycles. The average Bonchev–Trinajstić information content (AvgIpc) is 3.28. The molecule has 39 heavy (non-hydrogen) atoms. The molecule has 1 saturated carbocycles. The zero-order valence-corrected chi connectivity index (χ0v) is 23.5. The van der Waals surface area contributed by atoms with Crippen molar-refractivity contribution >= 4 is 34.2 Å². The fourth-order valence-corrected chi connectivity index (χ4v) is 5.46. The van der Waals surface area contributed by atoms with Crippen LogP contribution in [0.15, 0.2) is 46.9 Å². The number of amides is 1. The van der Waals surface area contributed by atoms with Crippen molar-refractivity contribution < 1.29 is 23.8 Å². The first-order valence-electron chi connectivity index (χ1n) is 13.9. The van der Waals surface area contributed by atoms with E-state index in [0.29, 0.717) is 18.1 Å². The summed E-state index contributed by atoms with van der Waals surface area (Å²) in [6, 6.07) is 13.8. The number of carboxylic acids is 1. The number of carboxylic acid groups (broad SMARTS) is 1. The summed E-state index contributed by atoms with van der Waals surface area (Å²) in [4.78, 5) is 27.2. The fourth-order valence-electron chi connectivity index (χ4n) is 5.46. The minimum absolute atomic E-state index is 0.0205. The molecule has 1 aliphatic carbocycles. The SMILES string of the molecule is COCCN(C)c1ccc2oc(C(Nc3ccc(C(=O)N(C)CCC(=O)O)cc3)C3CCCCC3)c(C)c2c1. The molecule has 4 rings (SSSR count). The lowest BCUT2D eigenvalue weighted by Crippen LogP contribution is -2.29. The molecule has 210 valence electrons. The Labute approximate surface area is 230 Å². The molecular formula is C31H41N3O5. The van der Waals surface area contributed by atoms with Crippen LogP contribution in [0.4, 0.5) is 11.4 Å². The predicted molar refractivity (Wildman–Crippen MR) is 155 cm³/mol. The van der Waals surface area contributed by atoms with Gasteiger partial charge in [-0.05, 0) is 68.1 Å². The van der Waals surface area contributed by atoms with Crippen LogP contribution in [0.5, 0.6) is 0 Å². The number of nitrogens with zero attached hydrogens (tertiary/aromatic N) is 2. The summed E-state index contributed by atoms with van der Waals surface area (Å²) < 4.78 is 11.8. The Balaban J connectivity index is 1.58. The normalized spacial score (nSPS) is 14.8. The third-order valence-corrected chi connectivity index (χ3v) is 7.89. The number of carbonyl (C=O) groups is 2. The molecule has 1 fully saturated rings. The monoisotopic (exact) mass is 535 g/mol. The van der Waals surface area contributed by atoms with Crippen molar-refractivity contribution in [1.82, 2.24) is 4.90 Å². The molecule has 1 unspecified atom stereocenters. The maximum atomic E-state index is 12.7. The highest BCUT2D eigenvalue weighted by Gasteiger charge is 2.30. The van der Waals surface area contributed by atoms with Crippen LogP contribution in [0, 0.1) is 12.8 Å². The molecule has 8 heteroatoms. The van der Waals surface area contributed by atoms with Gasteiger partial charge in [-0.3, -0.25) is 9.59 Å². The van der Waals surface area contributed by atoms with Crippen LogP contribution in [0.1, 0.15) is 66.2 Å². The highest BCUT2D eigenvalue weighted by Crippen LogP contribution is 2.41. The summed E-state index contributed by atoms with van der Waals surface area (Å²) in [5.74, 6) is 0.316. The number of furan rings is 1. The van der Waals surface area contributed by atoms with E-state index in [2.05, 4.69) is 42.4 Å². The second kappa shape index (κ2) is 13.0. The lowest BCUT2D eigenvalue weighted by molar-refractivity contribution is -0.137. The Kier molecular flexibility index (Phi) is 9.51. The fraction of sp³-hybridized carbons (Fsp3) is 0.484. The molecule has 0 radical (unpaired) electrons. The molecule has 2 aromatic carbocycles. The number of likely N-dealkylation sites (N-methyl/N-ethyl adjacent to an activating group) is 1. The maximum absolute atomic E-state index is 12.7. The largest absolute Gasteiger partial charge is 0.481 e. The number of hydrogen-bond acceptors (Lipinski definition) is 6. The number of methoxy groups -OCH3 is 1. The van der Waals surface area contributed by atoms with E-state index in [0.717, 1.165) is 53.1 Å². The molecule has 2 N–H and O–H groups in total. The number of aryl methyl sites for hydroxylation is 1. The Bertz CT molecular complexity index is 1260. The number of nitrogens with one attached hydrogen (secondary N) is 1. The van der Waals surface area contributed by atoms with E-state index in [1.165, 1.54) is 24.2 Å². The average molecular weight is 536 g/mol. The van der Waals surface area contributed by atoms with Gasteiger partial charge < -0.3 is 29.4 Å². The van der Waals surface area contributed by atoms with Gasteiger partial charge in [-0.25, -0.2) is 0 Å². The minimum Gasteiger partial charge on any atom is -0.481 e. The van der Waals surface area contributed by atoms with Gasteiger partial charge in [0.2, 0.25) is 0 Å². The van der Waals surface area contributed by atoms with E-state index in [9.17, 15) is 9.59 Å². The molecule has 8 nitrogen and oxygen atoms in total. The first-order valence-corrected chi connectivity index (χ1v) is 13.9. The molecule has 0 spiro atoms. The molecule has 0 bridgehead atoms. The van der Waals surface area contributed by atoms with Crippen molar-refractivity contribution in [2.45, 2.75) is 51.5 Å². The third-order valence-electron chi connectivity index (χ3n) is 7.89. The van der Waals surface area contributed by atoms with Crippen molar-refractivity contribution in [3.8, 4) is 0 Å². The van der Waals surface area contributed by atoms with Gasteiger partial charge in [0.05, 0.1) is 19.1 Å². The number of anilines is 2. The van der Waals surface area contributed by atoms with Crippen molar-refractivity contribution in [2.75, 3.05) is 51.1 Å². The molecule has 3 aromatic rings. The standard InChI is InChI=1S/C31H41N3O5/c1-21-26-20-25(33(2)18-19-38-4)14-15-27(26)39-30(21)29(22-8-6-5-7-9-22)32-24-12-10-23(11-13-24)31(37)34(3)17-16-28(35)36/h10-15,20,22,29,32H,5-9,16-19H2,1-4H3,(H,35,36). The van der Waals surface area contributed by atoms with Gasteiger partial charge in [0.1, 0.15) is 11.3 Å². The van der Waals surface area contributed by atoms with Crippen LogP contribution in [-0.4, -0.2) is 62.8 Å². The van der Waals surface area contributed by atoms with E-state index >= 15 is 0 Å². The van der Waals surface area contributed by atoms with Crippen molar-refractivity contribution in [2.24, 2.45) is 5.92 Å². The number of rotatable bonds is 12. The first-order chi connectivity index (χ1) is 18.8. The van der Waals surface area contributed by atoms with E-state index in [4.69, 9.17) is 14.3 Å². The van der Waals surface area contributed by atoms with Gasteiger partial charge in [0.25, 0.3) is 5.91 Å². The topological polar surface area (TPSA) is 95.3 Å². The summed E-state index contributed by atoms with van der Waals surface area (Å²) in [5, 5.41) is 13.8. The van der Waals surface area contributed by atoms with Crippen LogP contribution in [0.3, 0.4) is 0 Å². The number of carbonyl (C=O) groups excluding carboxylic acids is 1. The van der Waals surface area contributed by atoms with Crippen LogP contribution in [0.2, 0.25) is 0 Å². The molecule has 1 aromatic heterocycles. The maximum Gasteiger partial charge on any atom is 0.305 e. The number of ether oxygens (including phenoxy) is 1. The number of hydrogen-bond donors (Lipinski definition) is 2. The summed E-state index contributed by atoms with van der Waals surface area (Å²) in [7, 11) is 5.41. The molecular weight excluding hydrogens is 494 g/mol. The predicted octanol–water partition coefficient (Wildman–Crippen LogP) is 6.10. The highest BCUT2D eigenvalue weighted by atomic mass is 16.5. The lowest BCUT2D eigenvalue weighted by Gasteiger charge is -2.31. The molecule has 1 atom stereocenters. The van der Waals surface area contributed by atoms with Crippen molar-refractivity contribution in [3.63, 3.8) is 0 Å². The van der Waals surface area contributed by atoms with Crippen LogP contribution in [-0.2, 0) is 9.53 Å². The van der Waals surface area contributed by atoms with Gasteiger partial charge in [0.15, 0.2) is 0 Å². The van der Waals surface area contributed by atoms with E-state index in [1.54, 1.807) is 26.3 Å². The highest BCUT2D eigenvalue weighted by molar-refractivity contribution is 5.94. The van der Waals surface area contributed by atoms with Crippen molar-refractivity contribution in [1.29, 1.82) is 0 Å². The Morgan fingerprint density at radius 3 is 2.46 bits per heavy atom. The smallest absolute Gasteiger partial charge is 0.305 e. The third kappa shape index (κ3) is 6.92. The van der Waals surface area contributed by atoms with Crippen LogP contribution < -0.4 is 10.2 Å². The van der Waals surface area contributed by atoms with E-state index in [1.807, 2.05) is 12.1 Å². The summed E-state index contributed by atoms with van der Waals surface area (Å²) in [6.45, 7) is 3.80. The number of fused-ring (bicyclic) bond motifs is 1. The number of benzene rings is 2. The summed E-state index contributed by atoms with van der Waals surface area (Å²) >= 11 is 0. The lowest BCUT2D eigenvalue weighted by atomic mass is 9.82. The zero-order valence-electron chi connectivity index (χ0n) is 23.5. The van der Waals surface area contributed by atoms with Crippen LogP contribution in [0.25, 0.3) is 11.0 Å². The molecule has 0 aliphatic heterocycles. The first kappa shape index (κ1) is 28.5. The summed E-state index contributed by atoms with van der Waals surface area (Å²) in [6.07, 6.45) is 5.91. The second-order valence-corrected chi connectivity index (χ2v) is 10.7. The number of aliphatic carboxylic acids is 1. The van der Waals surface area contributed by atoms with Crippen molar-refractivity contribution in [3.05, 3.63) is 59.4 Å². The quantitative estimate of drug-likeness (QED) is 0.289. The Morgan fingerprint density at radius 2 is 1.79 bits per heavy atom. The Morgan fingerprint density at radius 1 is 1.08 bits per heavy atom. The van der Waals surface area contributed by atoms with Gasteiger partial charge in [-0.1, -0.05) is 19.3 Å². The molecule has 1 amide bonds. The van der Waals surface area contributed by atoms with Gasteiger partial charge in [-0.15, -0.1) is 0 Å². The zero-order chi connectivity index (χ0) is 27.9. The summed E-state index contributed by atoms with van der Waals surface area (Å²) in [5.41, 5.74) is 4.63. The molecule has 1 aliphatic rings. The van der Waals surface area contributed by atoms with Gasteiger partial charge >= 0.3 is 5.97 Å². The van der Waals surface area contributed by atoms with Crippen LogP contribution >= 0.6 is 0 Å². The van der Waals surface area contributed by atoms with E-state index in [-0.39, 0.29) is 24.9 Å². The second-order valence-electron chi connectivity index (χ2n) is 10.7.